The summed E-state index contributed by atoms with van der Waals surface area (Å²) in [7, 11) is 0. The summed E-state index contributed by atoms with van der Waals surface area (Å²) in [6.07, 6.45) is -4.32. The predicted molar refractivity (Wildman–Crippen MR) is 73.3 cm³/mol. The van der Waals surface area contributed by atoms with Crippen LogP contribution in [0, 0.1) is 5.82 Å². The average Bonchev–Trinajstić information content (AvgIpc) is 2.81. The van der Waals surface area contributed by atoms with Crippen LogP contribution in [-0.4, -0.2) is 25.3 Å². The van der Waals surface area contributed by atoms with Crippen molar-refractivity contribution < 1.29 is 17.6 Å². The molecule has 0 aliphatic rings. The minimum atomic E-state index is -4.37. The Morgan fingerprint density at radius 3 is 2.48 bits per heavy atom. The number of halogens is 4. The number of rotatable bonds is 3. The lowest BCUT2D eigenvalue weighted by Crippen LogP contribution is -2.24. The van der Waals surface area contributed by atoms with Crippen LogP contribution in [0.3, 0.4) is 0 Å². The molecule has 0 unspecified atom stereocenters. The van der Waals surface area contributed by atoms with Gasteiger partial charge in [0, 0.05) is 11.6 Å². The molecule has 120 valence electrons. The summed E-state index contributed by atoms with van der Waals surface area (Å²) in [4.78, 5) is 16.0. The Morgan fingerprint density at radius 1 is 1.13 bits per heavy atom. The highest BCUT2D eigenvalue weighted by Gasteiger charge is 2.27. The van der Waals surface area contributed by atoms with E-state index >= 15 is 0 Å². The number of benzene rings is 1. The van der Waals surface area contributed by atoms with Crippen molar-refractivity contribution in [2.24, 2.45) is 0 Å². The second-order valence-corrected chi connectivity index (χ2v) is 4.88. The van der Waals surface area contributed by atoms with E-state index in [0.29, 0.717) is 11.3 Å². The Hall–Kier alpha value is -2.71. The van der Waals surface area contributed by atoms with Crippen LogP contribution in [0.2, 0.25) is 0 Å². The number of hydrogen-bond acceptors (Lipinski definition) is 3. The van der Waals surface area contributed by atoms with Gasteiger partial charge in [0.2, 0.25) is 0 Å². The van der Waals surface area contributed by atoms with Gasteiger partial charge in [0.05, 0.1) is 18.7 Å². The second-order valence-electron chi connectivity index (χ2n) is 4.88. The van der Waals surface area contributed by atoms with E-state index < -0.39 is 30.6 Å². The number of fused-ring (bicyclic) bond motifs is 1. The maximum atomic E-state index is 12.9. The van der Waals surface area contributed by atoms with E-state index in [1.807, 2.05) is 0 Å². The van der Waals surface area contributed by atoms with Gasteiger partial charge >= 0.3 is 11.9 Å². The molecule has 0 aliphatic carbocycles. The third kappa shape index (κ3) is 3.22. The molecule has 0 fully saturated rings. The van der Waals surface area contributed by atoms with Crippen LogP contribution in [0.5, 0.6) is 0 Å². The minimum Gasteiger partial charge on any atom is -0.246 e. The maximum absolute atomic E-state index is 12.9. The molecule has 0 bridgehead atoms. The van der Waals surface area contributed by atoms with Crippen LogP contribution in [0.1, 0.15) is 6.42 Å². The van der Waals surface area contributed by atoms with Crippen molar-refractivity contribution in [3.8, 4) is 11.3 Å². The molecule has 3 aromatic rings. The summed E-state index contributed by atoms with van der Waals surface area (Å²) in [6, 6.07) is 6.99. The Kier molecular flexibility index (Phi) is 3.63. The molecule has 1 aromatic carbocycles. The Labute approximate surface area is 126 Å². The van der Waals surface area contributed by atoms with E-state index in [2.05, 4.69) is 10.1 Å². The zero-order chi connectivity index (χ0) is 16.6. The lowest BCUT2D eigenvalue weighted by molar-refractivity contribution is -0.137. The highest BCUT2D eigenvalue weighted by atomic mass is 19.4. The van der Waals surface area contributed by atoms with Gasteiger partial charge in [-0.1, -0.05) is 0 Å². The molecule has 0 saturated heterocycles. The summed E-state index contributed by atoms with van der Waals surface area (Å²) < 4.78 is 51.5. The van der Waals surface area contributed by atoms with Crippen LogP contribution >= 0.6 is 0 Å². The first-order valence-corrected chi connectivity index (χ1v) is 6.61. The number of nitrogens with zero attached hydrogens (tertiary/aromatic N) is 4. The molecule has 2 aromatic heterocycles. The fraction of sp³-hybridized carbons (Fsp3) is 0.214. The molecule has 0 saturated carbocycles. The molecule has 2 heterocycles. The van der Waals surface area contributed by atoms with Crippen molar-refractivity contribution >= 4 is 5.65 Å². The van der Waals surface area contributed by atoms with E-state index in [9.17, 15) is 22.4 Å². The fourth-order valence-corrected chi connectivity index (χ4v) is 2.08. The van der Waals surface area contributed by atoms with Gasteiger partial charge in [-0.3, -0.25) is 0 Å². The predicted octanol–water partition coefficient (Wildman–Crippen LogP) is 2.65. The summed E-state index contributed by atoms with van der Waals surface area (Å²) in [5.74, 6) is -0.400. The van der Waals surface area contributed by atoms with Crippen LogP contribution in [0.15, 0.2) is 41.5 Å². The van der Waals surface area contributed by atoms with Crippen LogP contribution in [0.25, 0.3) is 16.9 Å². The molecule has 3 rings (SSSR count). The van der Waals surface area contributed by atoms with Gasteiger partial charge in [0.25, 0.3) is 0 Å². The number of aryl methyl sites for hydroxylation is 1. The third-order valence-corrected chi connectivity index (χ3v) is 3.22. The topological polar surface area (TPSA) is 52.2 Å². The lowest BCUT2D eigenvalue weighted by atomic mass is 10.1. The molecule has 23 heavy (non-hydrogen) atoms. The van der Waals surface area contributed by atoms with E-state index in [1.165, 1.54) is 36.7 Å². The smallest absolute Gasteiger partial charge is 0.246 e. The zero-order valence-corrected chi connectivity index (χ0v) is 11.6. The van der Waals surface area contributed by atoms with Crippen molar-refractivity contribution in [3.63, 3.8) is 0 Å². The molecule has 9 heteroatoms. The second kappa shape index (κ2) is 5.49. The number of hydrogen-bond donors (Lipinski definition) is 0. The first-order chi connectivity index (χ1) is 10.8. The van der Waals surface area contributed by atoms with Gasteiger partial charge in [-0.05, 0) is 24.3 Å². The number of aromatic nitrogens is 4. The SMILES string of the molecule is O=c1n(CCC(F)(F)F)nc2cc(-c3ccc(F)cc3)ncn12. The molecule has 0 aliphatic heterocycles. The zero-order valence-electron chi connectivity index (χ0n) is 11.6. The average molecular weight is 326 g/mol. The maximum Gasteiger partial charge on any atom is 0.390 e. The van der Waals surface area contributed by atoms with Crippen LogP contribution < -0.4 is 5.69 Å². The van der Waals surface area contributed by atoms with Gasteiger partial charge in [0.15, 0.2) is 5.65 Å². The van der Waals surface area contributed by atoms with Gasteiger partial charge in [0.1, 0.15) is 12.1 Å². The molecular formula is C14H10F4N4O. The molecule has 0 N–H and O–H groups in total. The molecule has 0 atom stereocenters. The van der Waals surface area contributed by atoms with E-state index in [1.54, 1.807) is 0 Å². The third-order valence-electron chi connectivity index (χ3n) is 3.22. The molecule has 5 nitrogen and oxygen atoms in total. The lowest BCUT2D eigenvalue weighted by Gasteiger charge is -2.04. The van der Waals surface area contributed by atoms with Gasteiger partial charge < -0.3 is 0 Å². The Balaban J connectivity index is 1.97. The normalized spacial score (nSPS) is 12.0. The molecule has 0 spiro atoms. The van der Waals surface area contributed by atoms with Crippen molar-refractivity contribution in [1.29, 1.82) is 0 Å². The monoisotopic (exact) mass is 326 g/mol. The Morgan fingerprint density at radius 2 is 1.83 bits per heavy atom. The Bertz CT molecular complexity index is 896. The first kappa shape index (κ1) is 15.2. The summed E-state index contributed by atoms with van der Waals surface area (Å²) in [6.45, 7) is -0.560. The largest absolute Gasteiger partial charge is 0.390 e. The van der Waals surface area contributed by atoms with E-state index in [-0.39, 0.29) is 5.65 Å². The van der Waals surface area contributed by atoms with E-state index in [0.717, 1.165) is 9.08 Å². The van der Waals surface area contributed by atoms with Gasteiger partial charge in [-0.25, -0.2) is 23.3 Å². The molecule has 0 radical (unpaired) electrons. The number of alkyl halides is 3. The highest BCUT2D eigenvalue weighted by molar-refractivity contribution is 5.62. The van der Waals surface area contributed by atoms with E-state index in [4.69, 9.17) is 0 Å². The highest BCUT2D eigenvalue weighted by Crippen LogP contribution is 2.20. The fourth-order valence-electron chi connectivity index (χ4n) is 2.08. The van der Waals surface area contributed by atoms with Crippen molar-refractivity contribution in [3.05, 3.63) is 53.0 Å². The van der Waals surface area contributed by atoms with Gasteiger partial charge in [-0.2, -0.15) is 13.2 Å². The van der Waals surface area contributed by atoms with Gasteiger partial charge in [-0.15, -0.1) is 5.10 Å². The summed E-state index contributed by atoms with van der Waals surface area (Å²) in [5.41, 5.74) is 0.519. The standard InChI is InChI=1S/C14H10F4N4O/c15-10-3-1-9(2-4-10)11-7-12-20-22(6-5-14(16,17)18)13(23)21(12)8-19-11/h1-4,7-8H,5-6H2. The van der Waals surface area contributed by atoms with Crippen molar-refractivity contribution in [2.45, 2.75) is 19.1 Å². The van der Waals surface area contributed by atoms with Crippen LogP contribution in [0.4, 0.5) is 17.6 Å². The molecule has 0 amide bonds. The first-order valence-electron chi connectivity index (χ1n) is 6.61. The summed E-state index contributed by atoms with van der Waals surface area (Å²) in [5, 5.41) is 3.87. The van der Waals surface area contributed by atoms with Crippen molar-refractivity contribution in [1.82, 2.24) is 19.2 Å². The van der Waals surface area contributed by atoms with Crippen molar-refractivity contribution in [2.75, 3.05) is 0 Å². The van der Waals surface area contributed by atoms with Crippen LogP contribution in [-0.2, 0) is 6.54 Å². The molecular weight excluding hydrogens is 316 g/mol. The minimum absolute atomic E-state index is 0.173. The quantitative estimate of drug-likeness (QED) is 0.695. The summed E-state index contributed by atoms with van der Waals surface area (Å²) >= 11 is 0.